The van der Waals surface area contributed by atoms with E-state index in [9.17, 15) is 4.79 Å². The van der Waals surface area contributed by atoms with Crippen LogP contribution in [0.1, 0.15) is 37.8 Å². The number of carbonyl (C=O) groups excluding carboxylic acids is 1. The highest BCUT2D eigenvalue weighted by molar-refractivity contribution is 6.30. The Labute approximate surface area is 177 Å². The van der Waals surface area contributed by atoms with Crippen molar-refractivity contribution in [3.63, 3.8) is 0 Å². The van der Waals surface area contributed by atoms with Crippen molar-refractivity contribution >= 4 is 23.2 Å². The summed E-state index contributed by atoms with van der Waals surface area (Å²) in [6, 6.07) is 15.4. The topological polar surface area (TPSA) is 51.1 Å². The number of nitrogens with zero attached hydrogens (tertiary/aromatic N) is 2. The maximum Gasteiger partial charge on any atom is 0.223 e. The molecule has 0 aromatic heterocycles. The van der Waals surface area contributed by atoms with Crippen LogP contribution in [-0.2, 0) is 16.2 Å². The third-order valence-electron chi connectivity index (χ3n) is 4.78. The van der Waals surface area contributed by atoms with Crippen LogP contribution >= 0.6 is 11.6 Å². The number of rotatable bonds is 8. The Balaban J connectivity index is 1.68. The van der Waals surface area contributed by atoms with Crippen LogP contribution in [0.5, 0.6) is 5.75 Å². The summed E-state index contributed by atoms with van der Waals surface area (Å²) in [7, 11) is 1.64. The maximum absolute atomic E-state index is 12.9. The van der Waals surface area contributed by atoms with Gasteiger partial charge in [0.1, 0.15) is 5.75 Å². The minimum Gasteiger partial charge on any atom is -0.497 e. The molecule has 0 saturated carbocycles. The lowest BCUT2D eigenvalue weighted by Crippen LogP contribution is -2.37. The van der Waals surface area contributed by atoms with Crippen LogP contribution in [-0.4, -0.2) is 36.3 Å². The predicted octanol–water partition coefficient (Wildman–Crippen LogP) is 4.92. The molecule has 0 spiro atoms. The summed E-state index contributed by atoms with van der Waals surface area (Å²) >= 11 is 5.97. The quantitative estimate of drug-likeness (QED) is 0.616. The molecular formula is C23H27ClN2O3. The van der Waals surface area contributed by atoms with Crippen LogP contribution in [0.2, 0.25) is 5.02 Å². The second kappa shape index (κ2) is 9.79. The average molecular weight is 415 g/mol. The van der Waals surface area contributed by atoms with E-state index in [4.69, 9.17) is 21.2 Å². The third-order valence-corrected chi connectivity index (χ3v) is 5.03. The van der Waals surface area contributed by atoms with Crippen molar-refractivity contribution in [2.75, 3.05) is 13.7 Å². The van der Waals surface area contributed by atoms with Crippen LogP contribution in [0.15, 0.2) is 53.7 Å². The second-order valence-electron chi connectivity index (χ2n) is 7.70. The van der Waals surface area contributed by atoms with Crippen LogP contribution in [0, 0.1) is 5.92 Å². The lowest BCUT2D eigenvalue weighted by Gasteiger charge is -2.26. The molecule has 1 aliphatic rings. The first-order valence-electron chi connectivity index (χ1n) is 9.84. The normalized spacial score (nSPS) is 15.8. The average Bonchev–Trinajstić information content (AvgIpc) is 3.16. The molecule has 0 aliphatic carbocycles. The summed E-state index contributed by atoms with van der Waals surface area (Å²) in [5.41, 5.74) is 2.90. The highest BCUT2D eigenvalue weighted by Gasteiger charge is 2.27. The number of benzene rings is 2. The summed E-state index contributed by atoms with van der Waals surface area (Å²) in [5, 5.41) is 4.93. The van der Waals surface area contributed by atoms with Crippen molar-refractivity contribution in [2.24, 2.45) is 11.1 Å². The van der Waals surface area contributed by atoms with E-state index in [2.05, 4.69) is 19.0 Å². The SMILES string of the molecule is COc1cccc(CN(C[C@H]2CC(c3ccc(Cl)cc3)=NO2)C(=O)CC(C)C)c1. The van der Waals surface area contributed by atoms with Gasteiger partial charge in [-0.1, -0.05) is 54.9 Å². The standard InChI is InChI=1S/C23H27ClN2O3/c1-16(2)11-23(27)26(14-17-5-4-6-20(12-17)28-3)15-21-13-22(25-29-21)18-7-9-19(24)10-8-18/h4-10,12,16,21H,11,13-15H2,1-3H3/t21-/m1/s1. The summed E-state index contributed by atoms with van der Waals surface area (Å²) in [5.74, 6) is 1.19. The number of amides is 1. The molecule has 1 amide bonds. The summed E-state index contributed by atoms with van der Waals surface area (Å²) in [4.78, 5) is 20.4. The molecule has 3 rings (SSSR count). The van der Waals surface area contributed by atoms with Crippen molar-refractivity contribution < 1.29 is 14.4 Å². The zero-order valence-electron chi connectivity index (χ0n) is 17.1. The minimum atomic E-state index is -0.164. The zero-order valence-corrected chi connectivity index (χ0v) is 17.9. The minimum absolute atomic E-state index is 0.117. The van der Waals surface area contributed by atoms with Gasteiger partial charge >= 0.3 is 0 Å². The van der Waals surface area contributed by atoms with Gasteiger partial charge in [-0.05, 0) is 41.3 Å². The number of carbonyl (C=O) groups is 1. The molecule has 0 radical (unpaired) electrons. The first-order chi connectivity index (χ1) is 13.9. The first kappa shape index (κ1) is 21.2. The Kier molecular flexibility index (Phi) is 7.15. The van der Waals surface area contributed by atoms with Gasteiger partial charge in [0.05, 0.1) is 19.4 Å². The van der Waals surface area contributed by atoms with Crippen LogP contribution in [0.25, 0.3) is 0 Å². The monoisotopic (exact) mass is 414 g/mol. The van der Waals surface area contributed by atoms with Gasteiger partial charge in [0.25, 0.3) is 0 Å². The number of hydrogen-bond donors (Lipinski definition) is 0. The summed E-state index contributed by atoms with van der Waals surface area (Å²) in [6.07, 6.45) is 0.995. The van der Waals surface area contributed by atoms with E-state index in [1.165, 1.54) is 0 Å². The van der Waals surface area contributed by atoms with E-state index in [1.807, 2.05) is 53.4 Å². The van der Waals surface area contributed by atoms with E-state index in [1.54, 1.807) is 7.11 Å². The van der Waals surface area contributed by atoms with Crippen molar-refractivity contribution in [3.8, 4) is 5.75 Å². The summed E-state index contributed by atoms with van der Waals surface area (Å²) < 4.78 is 5.31. The van der Waals surface area contributed by atoms with Gasteiger partial charge < -0.3 is 14.5 Å². The molecule has 0 saturated heterocycles. The molecular weight excluding hydrogens is 388 g/mol. The van der Waals surface area contributed by atoms with Gasteiger partial charge in [0.15, 0.2) is 6.10 Å². The molecule has 5 nitrogen and oxygen atoms in total. The predicted molar refractivity (Wildman–Crippen MR) is 115 cm³/mol. The van der Waals surface area contributed by atoms with Crippen molar-refractivity contribution in [1.29, 1.82) is 0 Å². The Morgan fingerprint density at radius 3 is 2.72 bits per heavy atom. The molecule has 1 atom stereocenters. The Hall–Kier alpha value is -2.53. The molecule has 29 heavy (non-hydrogen) atoms. The van der Waals surface area contributed by atoms with Crippen LogP contribution in [0.3, 0.4) is 0 Å². The van der Waals surface area contributed by atoms with Gasteiger partial charge in [-0.2, -0.15) is 0 Å². The summed E-state index contributed by atoms with van der Waals surface area (Å²) in [6.45, 7) is 5.10. The lowest BCUT2D eigenvalue weighted by atomic mass is 10.0. The first-order valence-corrected chi connectivity index (χ1v) is 10.2. The lowest BCUT2D eigenvalue weighted by molar-refractivity contribution is -0.134. The number of hydrogen-bond acceptors (Lipinski definition) is 4. The molecule has 0 N–H and O–H groups in total. The van der Waals surface area contributed by atoms with Crippen LogP contribution < -0.4 is 4.74 Å². The molecule has 154 valence electrons. The Morgan fingerprint density at radius 1 is 1.28 bits per heavy atom. The van der Waals surface area contributed by atoms with E-state index < -0.39 is 0 Å². The largest absolute Gasteiger partial charge is 0.497 e. The van der Waals surface area contributed by atoms with E-state index in [0.29, 0.717) is 36.9 Å². The second-order valence-corrected chi connectivity index (χ2v) is 8.14. The van der Waals surface area contributed by atoms with Crippen molar-refractivity contribution in [1.82, 2.24) is 4.90 Å². The molecule has 1 heterocycles. The Morgan fingerprint density at radius 2 is 2.03 bits per heavy atom. The molecule has 0 fully saturated rings. The van der Waals surface area contributed by atoms with E-state index in [-0.39, 0.29) is 12.0 Å². The number of methoxy groups -OCH3 is 1. The molecule has 2 aromatic carbocycles. The number of ether oxygens (including phenoxy) is 1. The smallest absolute Gasteiger partial charge is 0.223 e. The highest BCUT2D eigenvalue weighted by Crippen LogP contribution is 2.22. The van der Waals surface area contributed by atoms with Gasteiger partial charge in [-0.3, -0.25) is 4.79 Å². The van der Waals surface area contributed by atoms with Gasteiger partial charge in [0.2, 0.25) is 5.91 Å². The highest BCUT2D eigenvalue weighted by atomic mass is 35.5. The van der Waals surface area contributed by atoms with Gasteiger partial charge in [-0.25, -0.2) is 0 Å². The van der Waals surface area contributed by atoms with E-state index >= 15 is 0 Å². The van der Waals surface area contributed by atoms with Crippen molar-refractivity contribution in [3.05, 3.63) is 64.7 Å². The number of halogens is 1. The molecule has 2 aromatic rings. The fraction of sp³-hybridized carbons (Fsp3) is 0.391. The molecule has 0 unspecified atom stereocenters. The fourth-order valence-corrected chi connectivity index (χ4v) is 3.43. The van der Waals surface area contributed by atoms with Crippen LogP contribution in [0.4, 0.5) is 0 Å². The van der Waals surface area contributed by atoms with E-state index in [0.717, 1.165) is 22.6 Å². The maximum atomic E-state index is 12.9. The molecule has 1 aliphatic heterocycles. The van der Waals surface area contributed by atoms with Crippen molar-refractivity contribution in [2.45, 2.75) is 39.3 Å². The number of oxime groups is 1. The Bertz CT molecular complexity index is 865. The van der Waals surface area contributed by atoms with Gasteiger partial charge in [-0.15, -0.1) is 0 Å². The fourth-order valence-electron chi connectivity index (χ4n) is 3.31. The third kappa shape index (κ3) is 5.97. The molecule has 6 heteroatoms. The molecule has 0 bridgehead atoms. The van der Waals surface area contributed by atoms with Gasteiger partial charge in [0, 0.05) is 24.4 Å². The zero-order chi connectivity index (χ0) is 20.8.